The number of aromatic amines is 1. The number of hydrogen-bond donors (Lipinski definition) is 3. The number of para-hydroxylation sites is 1. The molecule has 0 spiro atoms. The van der Waals surface area contributed by atoms with Crippen molar-refractivity contribution in [3.05, 3.63) is 77.4 Å². The minimum atomic E-state index is -0.392. The van der Waals surface area contributed by atoms with Gasteiger partial charge in [0.1, 0.15) is 0 Å². The maximum atomic E-state index is 12.3. The number of hydrogen-bond acceptors (Lipinski definition) is 4. The van der Waals surface area contributed by atoms with E-state index in [2.05, 4.69) is 20.8 Å². The molecular formula is C21H17ClN4O3. The predicted octanol–water partition coefficient (Wildman–Crippen LogP) is 3.87. The molecule has 0 aliphatic rings. The largest absolute Gasteiger partial charge is 0.441 e. The number of aryl methyl sites for hydroxylation is 1. The summed E-state index contributed by atoms with van der Waals surface area (Å²) in [4.78, 5) is 31.6. The molecule has 146 valence electrons. The molecule has 2 heterocycles. The number of halogens is 1. The number of nitrogens with one attached hydrogen (secondary N) is 3. The number of fused-ring (bicyclic) bond motifs is 1. The first-order chi connectivity index (χ1) is 14.1. The molecule has 4 rings (SSSR count). The number of rotatable bonds is 5. The highest BCUT2D eigenvalue weighted by Crippen LogP contribution is 2.22. The van der Waals surface area contributed by atoms with Crippen molar-refractivity contribution >= 4 is 34.3 Å². The van der Waals surface area contributed by atoms with Gasteiger partial charge in [-0.3, -0.25) is 20.4 Å². The molecule has 0 unspecified atom stereocenters. The smallest absolute Gasteiger partial charge is 0.271 e. The van der Waals surface area contributed by atoms with Gasteiger partial charge in [0.2, 0.25) is 5.91 Å². The Labute approximate surface area is 171 Å². The molecule has 7 nitrogen and oxygen atoms in total. The summed E-state index contributed by atoms with van der Waals surface area (Å²) in [5.41, 5.74) is 7.00. The first kappa shape index (κ1) is 18.8. The number of carbonyl (C=O) groups is 2. The van der Waals surface area contributed by atoms with Crippen LogP contribution >= 0.6 is 11.6 Å². The summed E-state index contributed by atoms with van der Waals surface area (Å²) in [7, 11) is 0. The van der Waals surface area contributed by atoms with Gasteiger partial charge in [0, 0.05) is 40.5 Å². The van der Waals surface area contributed by atoms with Crippen molar-refractivity contribution in [2.24, 2.45) is 0 Å². The fraction of sp³-hybridized carbons (Fsp3) is 0.0952. The van der Waals surface area contributed by atoms with E-state index in [0.717, 1.165) is 16.5 Å². The van der Waals surface area contributed by atoms with Crippen LogP contribution in [0.15, 0.2) is 65.3 Å². The van der Waals surface area contributed by atoms with Crippen LogP contribution < -0.4 is 10.9 Å². The minimum absolute atomic E-state index is 0.120. The van der Waals surface area contributed by atoms with Crippen molar-refractivity contribution in [2.75, 3.05) is 0 Å². The SMILES string of the molecule is O=C(CCc1ncc(-c2ccc(Cl)cc2)o1)NNC(=O)c1c[nH]c2ccccc12. The van der Waals surface area contributed by atoms with Gasteiger partial charge in [-0.25, -0.2) is 4.98 Å². The second kappa shape index (κ2) is 8.20. The van der Waals surface area contributed by atoms with Gasteiger partial charge in [0.15, 0.2) is 11.7 Å². The maximum absolute atomic E-state index is 12.3. The van der Waals surface area contributed by atoms with Gasteiger partial charge in [-0.15, -0.1) is 0 Å². The monoisotopic (exact) mass is 408 g/mol. The second-order valence-electron chi connectivity index (χ2n) is 6.38. The lowest BCUT2D eigenvalue weighted by Gasteiger charge is -2.06. The highest BCUT2D eigenvalue weighted by atomic mass is 35.5. The second-order valence-corrected chi connectivity index (χ2v) is 6.81. The van der Waals surface area contributed by atoms with Crippen molar-refractivity contribution < 1.29 is 14.0 Å². The topological polar surface area (TPSA) is 100 Å². The van der Waals surface area contributed by atoms with Crippen molar-refractivity contribution in [1.82, 2.24) is 20.8 Å². The van der Waals surface area contributed by atoms with Gasteiger partial charge in [0.25, 0.3) is 5.91 Å². The number of H-pyrrole nitrogens is 1. The molecule has 0 radical (unpaired) electrons. The first-order valence-corrected chi connectivity index (χ1v) is 9.34. The molecule has 2 amide bonds. The number of benzene rings is 2. The first-order valence-electron chi connectivity index (χ1n) is 8.96. The fourth-order valence-electron chi connectivity index (χ4n) is 2.91. The summed E-state index contributed by atoms with van der Waals surface area (Å²) in [6.45, 7) is 0. The molecule has 0 saturated carbocycles. The van der Waals surface area contributed by atoms with E-state index in [1.54, 1.807) is 24.5 Å². The molecule has 0 aliphatic heterocycles. The molecule has 0 bridgehead atoms. The quantitative estimate of drug-likeness (QED) is 0.436. The molecular weight excluding hydrogens is 392 g/mol. The number of carbonyl (C=O) groups excluding carboxylic acids is 2. The third-order valence-electron chi connectivity index (χ3n) is 4.40. The summed E-state index contributed by atoms with van der Waals surface area (Å²) in [6.07, 6.45) is 3.64. The normalized spacial score (nSPS) is 10.8. The molecule has 0 aliphatic carbocycles. The third-order valence-corrected chi connectivity index (χ3v) is 4.65. The van der Waals surface area contributed by atoms with Crippen LogP contribution in [0.5, 0.6) is 0 Å². The third kappa shape index (κ3) is 4.30. The zero-order chi connectivity index (χ0) is 20.2. The van der Waals surface area contributed by atoms with E-state index < -0.39 is 5.91 Å². The van der Waals surface area contributed by atoms with Crippen LogP contribution in [0.25, 0.3) is 22.2 Å². The Balaban J connectivity index is 1.29. The standard InChI is InChI=1S/C21H17ClN4O3/c22-14-7-5-13(6-8-14)18-12-24-20(29-18)10-9-19(27)25-26-21(28)16-11-23-17-4-2-1-3-15(16)17/h1-8,11-12,23H,9-10H2,(H,25,27)(H,26,28). The predicted molar refractivity (Wildman–Crippen MR) is 109 cm³/mol. The van der Waals surface area contributed by atoms with Crippen molar-refractivity contribution in [2.45, 2.75) is 12.8 Å². The van der Waals surface area contributed by atoms with Crippen LogP contribution in [-0.4, -0.2) is 21.8 Å². The average molecular weight is 409 g/mol. The summed E-state index contributed by atoms with van der Waals surface area (Å²) >= 11 is 5.88. The molecule has 29 heavy (non-hydrogen) atoms. The van der Waals surface area contributed by atoms with Gasteiger partial charge in [-0.05, 0) is 30.3 Å². The van der Waals surface area contributed by atoms with Crippen LogP contribution in [0.1, 0.15) is 22.7 Å². The minimum Gasteiger partial charge on any atom is -0.441 e. The summed E-state index contributed by atoms with van der Waals surface area (Å²) in [5.74, 6) is 0.305. The van der Waals surface area contributed by atoms with Crippen LogP contribution in [0.2, 0.25) is 5.02 Å². The maximum Gasteiger partial charge on any atom is 0.271 e. The lowest BCUT2D eigenvalue weighted by molar-refractivity contribution is -0.121. The summed E-state index contributed by atoms with van der Waals surface area (Å²) in [5, 5.41) is 1.42. The number of amides is 2. The lowest BCUT2D eigenvalue weighted by Crippen LogP contribution is -2.41. The Morgan fingerprint density at radius 1 is 1.07 bits per heavy atom. The molecule has 0 saturated heterocycles. The molecule has 3 N–H and O–H groups in total. The van der Waals surface area contributed by atoms with Crippen molar-refractivity contribution in [3.8, 4) is 11.3 Å². The van der Waals surface area contributed by atoms with Crippen LogP contribution in [-0.2, 0) is 11.2 Å². The lowest BCUT2D eigenvalue weighted by atomic mass is 10.2. The van der Waals surface area contributed by atoms with E-state index in [0.29, 0.717) is 28.7 Å². The van der Waals surface area contributed by atoms with Gasteiger partial charge < -0.3 is 9.40 Å². The Morgan fingerprint density at radius 2 is 1.86 bits per heavy atom. The zero-order valence-electron chi connectivity index (χ0n) is 15.2. The van der Waals surface area contributed by atoms with E-state index in [-0.39, 0.29) is 12.3 Å². The van der Waals surface area contributed by atoms with Gasteiger partial charge in [-0.2, -0.15) is 0 Å². The highest BCUT2D eigenvalue weighted by molar-refractivity contribution is 6.30. The van der Waals surface area contributed by atoms with Crippen molar-refractivity contribution in [1.29, 1.82) is 0 Å². The fourth-order valence-corrected chi connectivity index (χ4v) is 3.04. The zero-order valence-corrected chi connectivity index (χ0v) is 16.0. The molecule has 2 aromatic heterocycles. The number of oxazole rings is 1. The summed E-state index contributed by atoms with van der Waals surface area (Å²) in [6, 6.07) is 14.6. The van der Waals surface area contributed by atoms with Gasteiger partial charge >= 0.3 is 0 Å². The molecule has 4 aromatic rings. The van der Waals surface area contributed by atoms with Gasteiger partial charge in [-0.1, -0.05) is 29.8 Å². The van der Waals surface area contributed by atoms with E-state index in [1.165, 1.54) is 0 Å². The van der Waals surface area contributed by atoms with E-state index in [4.69, 9.17) is 16.0 Å². The number of nitrogens with zero attached hydrogens (tertiary/aromatic N) is 1. The average Bonchev–Trinajstić information content (AvgIpc) is 3.38. The van der Waals surface area contributed by atoms with E-state index >= 15 is 0 Å². The van der Waals surface area contributed by atoms with E-state index in [9.17, 15) is 9.59 Å². The van der Waals surface area contributed by atoms with Crippen LogP contribution in [0.3, 0.4) is 0 Å². The van der Waals surface area contributed by atoms with E-state index in [1.807, 2.05) is 36.4 Å². The van der Waals surface area contributed by atoms with Crippen LogP contribution in [0.4, 0.5) is 0 Å². The summed E-state index contributed by atoms with van der Waals surface area (Å²) < 4.78 is 5.67. The van der Waals surface area contributed by atoms with Gasteiger partial charge in [0.05, 0.1) is 11.8 Å². The molecule has 2 aromatic carbocycles. The van der Waals surface area contributed by atoms with Crippen LogP contribution in [0, 0.1) is 0 Å². The Kier molecular flexibility index (Phi) is 5.31. The Hall–Kier alpha value is -3.58. The molecule has 0 fully saturated rings. The molecule has 0 atom stereocenters. The Morgan fingerprint density at radius 3 is 2.69 bits per heavy atom. The number of aromatic nitrogens is 2. The molecule has 8 heteroatoms. The number of hydrazine groups is 1. The van der Waals surface area contributed by atoms with Crippen molar-refractivity contribution in [3.63, 3.8) is 0 Å². The Bertz CT molecular complexity index is 1160. The highest BCUT2D eigenvalue weighted by Gasteiger charge is 2.13.